The summed E-state index contributed by atoms with van der Waals surface area (Å²) in [5.41, 5.74) is 1.48. The second-order valence-corrected chi connectivity index (χ2v) is 8.21. The van der Waals surface area contributed by atoms with Gasteiger partial charge in [-0.15, -0.1) is 11.3 Å². The predicted molar refractivity (Wildman–Crippen MR) is 93.4 cm³/mol. The summed E-state index contributed by atoms with van der Waals surface area (Å²) in [4.78, 5) is 8.97. The Kier molecular flexibility index (Phi) is 5.67. The molecular formula is C17H31N3S. The monoisotopic (exact) mass is 309 g/mol. The van der Waals surface area contributed by atoms with E-state index in [1.807, 2.05) is 11.3 Å². The van der Waals surface area contributed by atoms with Crippen molar-refractivity contribution in [2.24, 2.45) is 0 Å². The molecule has 1 heterocycles. The minimum atomic E-state index is 0.160. The summed E-state index contributed by atoms with van der Waals surface area (Å²) in [6.07, 6.45) is 6.16. The molecule has 0 unspecified atom stereocenters. The van der Waals surface area contributed by atoms with Crippen molar-refractivity contribution in [1.29, 1.82) is 0 Å². The van der Waals surface area contributed by atoms with Crippen LogP contribution in [0.3, 0.4) is 0 Å². The fourth-order valence-corrected chi connectivity index (χ4v) is 3.61. The zero-order chi connectivity index (χ0) is 15.5. The molecule has 1 aliphatic rings. The zero-order valence-electron chi connectivity index (χ0n) is 14.3. The van der Waals surface area contributed by atoms with E-state index < -0.39 is 0 Å². The molecule has 0 amide bonds. The highest BCUT2D eigenvalue weighted by atomic mass is 32.1. The van der Waals surface area contributed by atoms with Crippen LogP contribution in [0.15, 0.2) is 0 Å². The quantitative estimate of drug-likeness (QED) is 0.773. The van der Waals surface area contributed by atoms with Gasteiger partial charge < -0.3 is 10.2 Å². The Morgan fingerprint density at radius 3 is 2.48 bits per heavy atom. The van der Waals surface area contributed by atoms with Gasteiger partial charge in [0.15, 0.2) is 5.13 Å². The molecule has 0 atom stereocenters. The van der Waals surface area contributed by atoms with Gasteiger partial charge in [-0.3, -0.25) is 0 Å². The lowest BCUT2D eigenvalue weighted by Crippen LogP contribution is -2.35. The third-order valence-electron chi connectivity index (χ3n) is 3.73. The van der Waals surface area contributed by atoms with E-state index in [2.05, 4.69) is 44.8 Å². The number of thiazole rings is 1. The van der Waals surface area contributed by atoms with Crippen LogP contribution in [0.25, 0.3) is 0 Å². The van der Waals surface area contributed by atoms with E-state index in [1.165, 1.54) is 41.4 Å². The van der Waals surface area contributed by atoms with Crippen LogP contribution in [-0.4, -0.2) is 23.1 Å². The second-order valence-electron chi connectivity index (χ2n) is 7.14. The molecule has 120 valence electrons. The molecule has 1 aliphatic carbocycles. The van der Waals surface area contributed by atoms with E-state index in [4.69, 9.17) is 4.98 Å². The molecule has 21 heavy (non-hydrogen) atoms. The number of nitrogens with zero attached hydrogens (tertiary/aromatic N) is 2. The van der Waals surface area contributed by atoms with Crippen molar-refractivity contribution in [3.05, 3.63) is 10.6 Å². The van der Waals surface area contributed by atoms with Gasteiger partial charge in [-0.05, 0) is 46.5 Å². The smallest absolute Gasteiger partial charge is 0.186 e. The average molecular weight is 310 g/mol. The molecule has 4 heteroatoms. The SMILES string of the molecule is CCCc1nc(N(CCC)C2CC2)sc1CNC(C)(C)C. The van der Waals surface area contributed by atoms with Gasteiger partial charge in [0.25, 0.3) is 0 Å². The van der Waals surface area contributed by atoms with E-state index in [1.54, 1.807) is 0 Å². The maximum absolute atomic E-state index is 4.99. The summed E-state index contributed by atoms with van der Waals surface area (Å²) < 4.78 is 0. The third-order valence-corrected chi connectivity index (χ3v) is 4.87. The van der Waals surface area contributed by atoms with E-state index in [-0.39, 0.29) is 5.54 Å². The van der Waals surface area contributed by atoms with Gasteiger partial charge in [0.05, 0.1) is 5.69 Å². The van der Waals surface area contributed by atoms with Gasteiger partial charge in [0, 0.05) is 29.5 Å². The molecule has 1 N–H and O–H groups in total. The number of rotatable bonds is 8. The maximum Gasteiger partial charge on any atom is 0.186 e. The minimum Gasteiger partial charge on any atom is -0.345 e. The van der Waals surface area contributed by atoms with Crippen molar-refractivity contribution in [1.82, 2.24) is 10.3 Å². The van der Waals surface area contributed by atoms with Crippen LogP contribution < -0.4 is 10.2 Å². The van der Waals surface area contributed by atoms with Crippen molar-refractivity contribution in [3.8, 4) is 0 Å². The molecule has 0 radical (unpaired) electrons. The summed E-state index contributed by atoms with van der Waals surface area (Å²) in [5.74, 6) is 0. The van der Waals surface area contributed by atoms with Crippen LogP contribution in [0.5, 0.6) is 0 Å². The maximum atomic E-state index is 4.99. The van der Waals surface area contributed by atoms with Crippen LogP contribution in [0.4, 0.5) is 5.13 Å². The van der Waals surface area contributed by atoms with Crippen molar-refractivity contribution in [2.75, 3.05) is 11.4 Å². The molecule has 0 saturated heterocycles. The number of anilines is 1. The predicted octanol–water partition coefficient (Wildman–Crippen LogP) is 4.36. The van der Waals surface area contributed by atoms with E-state index in [0.717, 1.165) is 25.6 Å². The van der Waals surface area contributed by atoms with Gasteiger partial charge in [-0.1, -0.05) is 20.3 Å². The van der Waals surface area contributed by atoms with E-state index >= 15 is 0 Å². The fraction of sp³-hybridized carbons (Fsp3) is 0.824. The van der Waals surface area contributed by atoms with Gasteiger partial charge in [0.2, 0.25) is 0 Å². The topological polar surface area (TPSA) is 28.2 Å². The Labute approximate surface area is 134 Å². The largest absolute Gasteiger partial charge is 0.345 e. The van der Waals surface area contributed by atoms with Gasteiger partial charge in [-0.2, -0.15) is 0 Å². The normalized spacial score (nSPS) is 15.5. The summed E-state index contributed by atoms with van der Waals surface area (Å²) in [5, 5.41) is 4.88. The van der Waals surface area contributed by atoms with Crippen LogP contribution in [-0.2, 0) is 13.0 Å². The Hall–Kier alpha value is -0.610. The lowest BCUT2D eigenvalue weighted by molar-refractivity contribution is 0.425. The Bertz CT molecular complexity index is 443. The molecule has 1 saturated carbocycles. The molecule has 1 aromatic rings. The molecule has 2 rings (SSSR count). The number of hydrogen-bond acceptors (Lipinski definition) is 4. The number of aryl methyl sites for hydroxylation is 1. The Balaban J connectivity index is 2.14. The first-order valence-electron chi connectivity index (χ1n) is 8.44. The zero-order valence-corrected chi connectivity index (χ0v) is 15.1. The molecule has 0 aliphatic heterocycles. The molecule has 0 spiro atoms. The van der Waals surface area contributed by atoms with E-state index in [9.17, 15) is 0 Å². The number of nitrogens with one attached hydrogen (secondary N) is 1. The van der Waals surface area contributed by atoms with Gasteiger partial charge in [-0.25, -0.2) is 4.98 Å². The Morgan fingerprint density at radius 1 is 1.24 bits per heavy atom. The van der Waals surface area contributed by atoms with Gasteiger partial charge in [0.1, 0.15) is 0 Å². The Morgan fingerprint density at radius 2 is 1.95 bits per heavy atom. The number of aromatic nitrogens is 1. The van der Waals surface area contributed by atoms with Crippen LogP contribution >= 0.6 is 11.3 Å². The summed E-state index contributed by atoms with van der Waals surface area (Å²) in [7, 11) is 0. The second kappa shape index (κ2) is 7.10. The first-order valence-corrected chi connectivity index (χ1v) is 9.26. The summed E-state index contributed by atoms with van der Waals surface area (Å²) >= 11 is 1.91. The average Bonchev–Trinajstić information content (AvgIpc) is 3.15. The lowest BCUT2D eigenvalue weighted by atomic mass is 10.1. The molecule has 1 aromatic heterocycles. The molecule has 3 nitrogen and oxygen atoms in total. The highest BCUT2D eigenvalue weighted by molar-refractivity contribution is 7.15. The van der Waals surface area contributed by atoms with Crippen molar-refractivity contribution in [2.45, 2.75) is 84.8 Å². The van der Waals surface area contributed by atoms with Gasteiger partial charge >= 0.3 is 0 Å². The molecule has 0 bridgehead atoms. The highest BCUT2D eigenvalue weighted by Crippen LogP contribution is 2.36. The summed E-state index contributed by atoms with van der Waals surface area (Å²) in [6.45, 7) is 13.3. The minimum absolute atomic E-state index is 0.160. The van der Waals surface area contributed by atoms with Crippen LogP contribution in [0.1, 0.15) is 70.9 Å². The molecular weight excluding hydrogens is 278 g/mol. The highest BCUT2D eigenvalue weighted by Gasteiger charge is 2.31. The molecule has 0 aromatic carbocycles. The first kappa shape index (κ1) is 16.8. The standard InChI is InChI=1S/C17H31N3S/c1-6-8-14-15(12-18-17(3,4)5)21-16(19-14)20(11-7-2)13-9-10-13/h13,18H,6-12H2,1-5H3. The van der Waals surface area contributed by atoms with E-state index in [0.29, 0.717) is 0 Å². The lowest BCUT2D eigenvalue weighted by Gasteiger charge is -2.21. The first-order chi connectivity index (χ1) is 9.94. The van der Waals surface area contributed by atoms with Crippen molar-refractivity contribution in [3.63, 3.8) is 0 Å². The number of hydrogen-bond donors (Lipinski definition) is 1. The fourth-order valence-electron chi connectivity index (χ4n) is 2.47. The van der Waals surface area contributed by atoms with Crippen LogP contribution in [0, 0.1) is 0 Å². The molecule has 1 fully saturated rings. The van der Waals surface area contributed by atoms with Crippen molar-refractivity contribution >= 4 is 16.5 Å². The summed E-state index contributed by atoms with van der Waals surface area (Å²) in [6, 6.07) is 0.758. The van der Waals surface area contributed by atoms with Crippen LogP contribution in [0.2, 0.25) is 0 Å². The third kappa shape index (κ3) is 4.96. The van der Waals surface area contributed by atoms with Crippen molar-refractivity contribution < 1.29 is 0 Å².